The molecule has 0 spiro atoms. The average molecular weight is 407 g/mol. The van der Waals surface area contributed by atoms with Crippen molar-refractivity contribution in [1.29, 1.82) is 0 Å². The first-order valence-electron chi connectivity index (χ1n) is 10.0. The zero-order chi connectivity index (χ0) is 21.2. The van der Waals surface area contributed by atoms with Crippen LogP contribution < -0.4 is 0 Å². The van der Waals surface area contributed by atoms with Gasteiger partial charge in [-0.25, -0.2) is 4.39 Å². The summed E-state index contributed by atoms with van der Waals surface area (Å²) in [5.41, 5.74) is 3.02. The van der Waals surface area contributed by atoms with E-state index in [4.69, 9.17) is 4.74 Å². The number of halogens is 1. The lowest BCUT2D eigenvalue weighted by atomic mass is 10.2. The Labute approximate surface area is 177 Å². The van der Waals surface area contributed by atoms with Crippen molar-refractivity contribution in [2.75, 3.05) is 20.3 Å². The molecule has 3 aromatic rings. The fourth-order valence-electron chi connectivity index (χ4n) is 3.23. The highest BCUT2D eigenvalue weighted by Gasteiger charge is 2.14. The Morgan fingerprint density at radius 1 is 1.07 bits per heavy atom. The molecular formula is C25H27FN2O2. The maximum Gasteiger partial charge on any atom is 0.246 e. The largest absolute Gasteiger partial charge is 0.385 e. The second-order valence-electron chi connectivity index (χ2n) is 7.10. The number of benzene rings is 2. The quantitative estimate of drug-likeness (QED) is 0.360. The van der Waals surface area contributed by atoms with Gasteiger partial charge in [0.2, 0.25) is 5.91 Å². The Balaban J connectivity index is 1.71. The van der Waals surface area contributed by atoms with Gasteiger partial charge in [0.25, 0.3) is 0 Å². The molecule has 0 fully saturated rings. The van der Waals surface area contributed by atoms with E-state index in [2.05, 4.69) is 4.57 Å². The molecule has 0 N–H and O–H groups in total. The van der Waals surface area contributed by atoms with E-state index in [0.29, 0.717) is 26.2 Å². The number of carbonyl (C=O) groups is 1. The molecule has 156 valence electrons. The molecule has 1 heterocycles. The van der Waals surface area contributed by atoms with E-state index < -0.39 is 0 Å². The van der Waals surface area contributed by atoms with Crippen LogP contribution in [-0.4, -0.2) is 35.6 Å². The van der Waals surface area contributed by atoms with E-state index in [-0.39, 0.29) is 11.7 Å². The Bertz CT molecular complexity index is 949. The summed E-state index contributed by atoms with van der Waals surface area (Å²) >= 11 is 0. The highest BCUT2D eigenvalue weighted by molar-refractivity contribution is 5.91. The van der Waals surface area contributed by atoms with Crippen molar-refractivity contribution in [3.63, 3.8) is 0 Å². The predicted molar refractivity (Wildman–Crippen MR) is 117 cm³/mol. The highest BCUT2D eigenvalue weighted by atomic mass is 19.1. The molecule has 4 nitrogen and oxygen atoms in total. The van der Waals surface area contributed by atoms with Crippen LogP contribution in [0.2, 0.25) is 0 Å². The van der Waals surface area contributed by atoms with Crippen molar-refractivity contribution < 1.29 is 13.9 Å². The Kier molecular flexibility index (Phi) is 7.98. The van der Waals surface area contributed by atoms with Crippen molar-refractivity contribution in [3.8, 4) is 0 Å². The fourth-order valence-corrected chi connectivity index (χ4v) is 3.23. The number of methoxy groups -OCH3 is 1. The summed E-state index contributed by atoms with van der Waals surface area (Å²) in [6.07, 6.45) is 6.20. The van der Waals surface area contributed by atoms with E-state index in [1.54, 1.807) is 25.3 Å². The normalized spacial score (nSPS) is 11.1. The zero-order valence-electron chi connectivity index (χ0n) is 17.2. The molecule has 0 saturated carbocycles. The van der Waals surface area contributed by atoms with Gasteiger partial charge in [0.15, 0.2) is 0 Å². The Morgan fingerprint density at radius 2 is 1.83 bits per heavy atom. The summed E-state index contributed by atoms with van der Waals surface area (Å²) in [7, 11) is 1.66. The molecule has 30 heavy (non-hydrogen) atoms. The molecule has 0 atom stereocenters. The minimum atomic E-state index is -0.244. The number of nitrogens with zero attached hydrogens (tertiary/aromatic N) is 2. The number of rotatable bonds is 10. The molecule has 1 aromatic heterocycles. The number of amides is 1. The van der Waals surface area contributed by atoms with E-state index in [1.165, 1.54) is 12.1 Å². The predicted octanol–water partition coefficient (Wildman–Crippen LogP) is 4.75. The zero-order valence-corrected chi connectivity index (χ0v) is 17.2. The van der Waals surface area contributed by atoms with Gasteiger partial charge in [-0.2, -0.15) is 0 Å². The Morgan fingerprint density at radius 3 is 2.57 bits per heavy atom. The summed E-state index contributed by atoms with van der Waals surface area (Å²) in [5.74, 6) is -0.281. The number of hydrogen-bond donors (Lipinski definition) is 0. The molecule has 2 aromatic carbocycles. The van der Waals surface area contributed by atoms with Crippen molar-refractivity contribution >= 4 is 12.0 Å². The average Bonchev–Trinajstić information content (AvgIpc) is 3.20. The summed E-state index contributed by atoms with van der Waals surface area (Å²) < 4.78 is 20.4. The van der Waals surface area contributed by atoms with Crippen LogP contribution in [0.1, 0.15) is 23.2 Å². The van der Waals surface area contributed by atoms with Crippen LogP contribution in [0.4, 0.5) is 4.39 Å². The molecule has 0 bridgehead atoms. The standard InChI is InChI=1S/C25H27FN2O2/c1-30-18-6-17-28(25(29)15-12-21-7-3-2-4-8-21)20-24-9-5-16-27(24)19-22-10-13-23(26)14-11-22/h2-5,7-16H,6,17-20H2,1H3. The number of aromatic nitrogens is 1. The third-order valence-corrected chi connectivity index (χ3v) is 4.85. The van der Waals surface area contributed by atoms with Crippen LogP contribution in [0.15, 0.2) is 79.0 Å². The molecule has 0 unspecified atom stereocenters. The second kappa shape index (κ2) is 11.1. The molecule has 3 rings (SSSR count). The van der Waals surface area contributed by atoms with E-state index in [1.807, 2.05) is 59.6 Å². The third-order valence-electron chi connectivity index (χ3n) is 4.85. The number of ether oxygens (including phenoxy) is 1. The first kappa shape index (κ1) is 21.5. The lowest BCUT2D eigenvalue weighted by molar-refractivity contribution is -0.126. The summed E-state index contributed by atoms with van der Waals surface area (Å²) in [6.45, 7) is 2.33. The van der Waals surface area contributed by atoms with E-state index in [0.717, 1.165) is 23.2 Å². The molecule has 0 saturated heterocycles. The fraction of sp³-hybridized carbons (Fsp3) is 0.240. The topological polar surface area (TPSA) is 34.5 Å². The molecule has 5 heteroatoms. The van der Waals surface area contributed by atoms with Crippen molar-refractivity contribution in [2.24, 2.45) is 0 Å². The van der Waals surface area contributed by atoms with Gasteiger partial charge in [0.1, 0.15) is 5.82 Å². The van der Waals surface area contributed by atoms with Crippen LogP contribution in [0, 0.1) is 5.82 Å². The van der Waals surface area contributed by atoms with Crippen LogP contribution >= 0.6 is 0 Å². The maximum absolute atomic E-state index is 13.2. The van der Waals surface area contributed by atoms with Crippen molar-refractivity contribution in [3.05, 3.63) is 102 Å². The lowest BCUT2D eigenvalue weighted by Gasteiger charge is -2.22. The maximum atomic E-state index is 13.2. The molecule has 0 aliphatic heterocycles. The molecule has 1 amide bonds. The van der Waals surface area contributed by atoms with Crippen LogP contribution in [-0.2, 0) is 22.6 Å². The SMILES string of the molecule is COCCCN(Cc1cccn1Cc1ccc(F)cc1)C(=O)C=Cc1ccccc1. The summed E-state index contributed by atoms with van der Waals surface area (Å²) in [4.78, 5) is 14.7. The first-order chi connectivity index (χ1) is 14.7. The van der Waals surface area contributed by atoms with Crippen molar-refractivity contribution in [2.45, 2.75) is 19.5 Å². The molecule has 0 aliphatic rings. The lowest BCUT2D eigenvalue weighted by Crippen LogP contribution is -2.31. The van der Waals surface area contributed by atoms with Crippen LogP contribution in [0.3, 0.4) is 0 Å². The summed E-state index contributed by atoms with van der Waals surface area (Å²) in [5, 5.41) is 0. The van der Waals surface area contributed by atoms with Crippen LogP contribution in [0.25, 0.3) is 6.08 Å². The number of carbonyl (C=O) groups excluding carboxylic acids is 1. The number of hydrogen-bond acceptors (Lipinski definition) is 2. The minimum Gasteiger partial charge on any atom is -0.385 e. The van der Waals surface area contributed by atoms with Gasteiger partial charge in [-0.3, -0.25) is 4.79 Å². The van der Waals surface area contributed by atoms with Gasteiger partial charge in [-0.15, -0.1) is 0 Å². The van der Waals surface area contributed by atoms with Gasteiger partial charge in [-0.1, -0.05) is 42.5 Å². The Hall–Kier alpha value is -3.18. The third kappa shape index (κ3) is 6.42. The monoisotopic (exact) mass is 406 g/mol. The second-order valence-corrected chi connectivity index (χ2v) is 7.10. The van der Waals surface area contributed by atoms with Gasteiger partial charge >= 0.3 is 0 Å². The van der Waals surface area contributed by atoms with Gasteiger partial charge in [0, 0.05) is 44.8 Å². The molecular weight excluding hydrogens is 379 g/mol. The minimum absolute atomic E-state index is 0.0375. The molecule has 0 radical (unpaired) electrons. The summed E-state index contributed by atoms with van der Waals surface area (Å²) in [6, 6.07) is 20.3. The van der Waals surface area contributed by atoms with Gasteiger partial charge < -0.3 is 14.2 Å². The highest BCUT2D eigenvalue weighted by Crippen LogP contribution is 2.13. The van der Waals surface area contributed by atoms with E-state index in [9.17, 15) is 9.18 Å². The van der Waals surface area contributed by atoms with Crippen molar-refractivity contribution in [1.82, 2.24) is 9.47 Å². The van der Waals surface area contributed by atoms with E-state index >= 15 is 0 Å². The van der Waals surface area contributed by atoms with Crippen LogP contribution in [0.5, 0.6) is 0 Å². The van der Waals surface area contributed by atoms with Gasteiger partial charge in [-0.05, 0) is 47.9 Å². The molecule has 0 aliphatic carbocycles. The van der Waals surface area contributed by atoms with Gasteiger partial charge in [0.05, 0.1) is 6.54 Å². The first-order valence-corrected chi connectivity index (χ1v) is 10.0. The smallest absolute Gasteiger partial charge is 0.246 e.